The summed E-state index contributed by atoms with van der Waals surface area (Å²) in [7, 11) is 1.39. The van der Waals surface area contributed by atoms with Crippen molar-refractivity contribution in [2.24, 2.45) is 0 Å². The molecule has 1 aliphatic rings. The summed E-state index contributed by atoms with van der Waals surface area (Å²) in [5.41, 5.74) is 2.16. The van der Waals surface area contributed by atoms with E-state index in [0.717, 1.165) is 23.5 Å². The molecule has 0 radical (unpaired) electrons. The van der Waals surface area contributed by atoms with E-state index < -0.39 is 0 Å². The van der Waals surface area contributed by atoms with Crippen LogP contribution in [0.2, 0.25) is 0 Å². The van der Waals surface area contributed by atoms with E-state index in [0.29, 0.717) is 13.2 Å². The molecule has 0 saturated carbocycles. The number of rotatable bonds is 6. The fraction of sp³-hybridized carbons (Fsp3) is 0.562. The number of hydrogen-bond acceptors (Lipinski definition) is 5. The summed E-state index contributed by atoms with van der Waals surface area (Å²) in [4.78, 5) is 11.4. The van der Waals surface area contributed by atoms with Crippen LogP contribution in [0.3, 0.4) is 0 Å². The van der Waals surface area contributed by atoms with Crippen LogP contribution < -0.4 is 14.8 Å². The minimum Gasteiger partial charge on any atom is -0.494 e. The summed E-state index contributed by atoms with van der Waals surface area (Å²) >= 11 is 0. The monoisotopic (exact) mass is 293 g/mol. The Bertz CT molecular complexity index is 515. The highest BCUT2D eigenvalue weighted by Crippen LogP contribution is 2.35. The molecular weight excluding hydrogens is 270 g/mol. The molecule has 5 nitrogen and oxygen atoms in total. The largest absolute Gasteiger partial charge is 0.494 e. The third kappa shape index (κ3) is 3.67. The molecule has 1 N–H and O–H groups in total. The van der Waals surface area contributed by atoms with Gasteiger partial charge in [0.25, 0.3) is 0 Å². The fourth-order valence-corrected chi connectivity index (χ4v) is 2.43. The first kappa shape index (κ1) is 15.6. The van der Waals surface area contributed by atoms with Crippen LogP contribution in [-0.4, -0.2) is 31.8 Å². The van der Waals surface area contributed by atoms with Crippen molar-refractivity contribution < 1.29 is 19.0 Å². The molecule has 21 heavy (non-hydrogen) atoms. The first-order chi connectivity index (χ1) is 10.0. The van der Waals surface area contributed by atoms with Gasteiger partial charge in [0.15, 0.2) is 0 Å². The van der Waals surface area contributed by atoms with Gasteiger partial charge in [0, 0.05) is 24.1 Å². The summed E-state index contributed by atoms with van der Waals surface area (Å²) < 4.78 is 16.2. The summed E-state index contributed by atoms with van der Waals surface area (Å²) in [6.07, 6.45) is 1.11. The molecule has 0 spiro atoms. The zero-order chi connectivity index (χ0) is 15.4. The molecule has 0 aromatic heterocycles. The maximum absolute atomic E-state index is 11.4. The van der Waals surface area contributed by atoms with Gasteiger partial charge in [-0.05, 0) is 32.9 Å². The predicted octanol–water partition coefficient (Wildman–Crippen LogP) is 2.06. The lowest BCUT2D eigenvalue weighted by molar-refractivity contribution is -0.142. The highest BCUT2D eigenvalue weighted by atomic mass is 16.5. The van der Waals surface area contributed by atoms with Crippen molar-refractivity contribution in [3.63, 3.8) is 0 Å². The van der Waals surface area contributed by atoms with Crippen molar-refractivity contribution in [2.75, 3.05) is 13.7 Å². The second-order valence-corrected chi connectivity index (χ2v) is 5.26. The van der Waals surface area contributed by atoms with Gasteiger partial charge in [-0.25, -0.2) is 0 Å². The molecule has 1 aliphatic heterocycles. The third-order valence-corrected chi connectivity index (χ3v) is 3.53. The van der Waals surface area contributed by atoms with Crippen molar-refractivity contribution in [2.45, 2.75) is 45.9 Å². The van der Waals surface area contributed by atoms with Crippen LogP contribution in [0.25, 0.3) is 0 Å². The van der Waals surface area contributed by atoms with Gasteiger partial charge in [-0.1, -0.05) is 0 Å². The lowest BCUT2D eigenvalue weighted by Gasteiger charge is -2.15. The van der Waals surface area contributed by atoms with Crippen LogP contribution in [0.5, 0.6) is 11.5 Å². The van der Waals surface area contributed by atoms with E-state index in [4.69, 9.17) is 14.2 Å². The van der Waals surface area contributed by atoms with E-state index in [1.807, 2.05) is 19.1 Å². The number of fused-ring (bicyclic) bond motifs is 1. The Morgan fingerprint density at radius 2 is 2.29 bits per heavy atom. The van der Waals surface area contributed by atoms with Crippen molar-refractivity contribution in [1.29, 1.82) is 0 Å². The minimum absolute atomic E-state index is 0.201. The number of methoxy groups -OCH3 is 1. The Balaban J connectivity index is 2.14. The van der Waals surface area contributed by atoms with Gasteiger partial charge >= 0.3 is 5.97 Å². The maximum Gasteiger partial charge on any atom is 0.322 e. The second kappa shape index (κ2) is 6.80. The van der Waals surface area contributed by atoms with Gasteiger partial charge in [0.05, 0.1) is 13.7 Å². The third-order valence-electron chi connectivity index (χ3n) is 3.53. The van der Waals surface area contributed by atoms with Gasteiger partial charge in [-0.2, -0.15) is 0 Å². The topological polar surface area (TPSA) is 56.8 Å². The van der Waals surface area contributed by atoms with Crippen molar-refractivity contribution in [1.82, 2.24) is 5.32 Å². The number of carbonyl (C=O) groups is 1. The molecule has 0 amide bonds. The number of benzene rings is 1. The molecule has 2 rings (SSSR count). The molecule has 2 atom stereocenters. The number of hydrogen-bond donors (Lipinski definition) is 1. The lowest BCUT2D eigenvalue weighted by Crippen LogP contribution is -2.34. The summed E-state index contributed by atoms with van der Waals surface area (Å²) in [5.74, 6) is 1.48. The van der Waals surface area contributed by atoms with Crippen LogP contribution in [0.15, 0.2) is 12.1 Å². The maximum atomic E-state index is 11.4. The van der Waals surface area contributed by atoms with E-state index in [9.17, 15) is 4.79 Å². The normalized spacial score (nSPS) is 17.8. The van der Waals surface area contributed by atoms with Gasteiger partial charge in [-0.3, -0.25) is 4.79 Å². The van der Waals surface area contributed by atoms with Gasteiger partial charge < -0.3 is 19.5 Å². The average molecular weight is 293 g/mol. The van der Waals surface area contributed by atoms with E-state index in [-0.39, 0.29) is 18.1 Å². The van der Waals surface area contributed by atoms with Crippen LogP contribution in [0.1, 0.15) is 31.9 Å². The fourth-order valence-electron chi connectivity index (χ4n) is 2.43. The van der Waals surface area contributed by atoms with Gasteiger partial charge in [0.2, 0.25) is 0 Å². The van der Waals surface area contributed by atoms with Crippen molar-refractivity contribution >= 4 is 5.97 Å². The van der Waals surface area contributed by atoms with E-state index in [1.165, 1.54) is 12.7 Å². The molecule has 116 valence electrons. The quantitative estimate of drug-likeness (QED) is 0.814. The van der Waals surface area contributed by atoms with Crippen molar-refractivity contribution in [3.05, 3.63) is 23.3 Å². The zero-order valence-electron chi connectivity index (χ0n) is 13.1. The summed E-state index contributed by atoms with van der Waals surface area (Å²) in [5, 5.41) is 3.14. The molecule has 0 aliphatic carbocycles. The molecule has 2 unspecified atom stereocenters. The van der Waals surface area contributed by atoms with Crippen LogP contribution in [0, 0.1) is 0 Å². The van der Waals surface area contributed by atoms with Crippen LogP contribution >= 0.6 is 0 Å². The molecular formula is C16H23NO4. The van der Waals surface area contributed by atoms with E-state index >= 15 is 0 Å². The lowest BCUT2D eigenvalue weighted by atomic mass is 10.1. The Labute approximate surface area is 125 Å². The molecule has 5 heteroatoms. The van der Waals surface area contributed by atoms with Crippen LogP contribution in [0.4, 0.5) is 0 Å². The predicted molar refractivity (Wildman–Crippen MR) is 79.7 cm³/mol. The highest BCUT2D eigenvalue weighted by molar-refractivity contribution is 5.75. The average Bonchev–Trinajstić information content (AvgIpc) is 2.82. The molecule has 0 bridgehead atoms. The number of nitrogens with one attached hydrogen (secondary N) is 1. The van der Waals surface area contributed by atoms with Gasteiger partial charge in [-0.15, -0.1) is 0 Å². The first-order valence-electron chi connectivity index (χ1n) is 7.31. The molecule has 0 saturated heterocycles. The van der Waals surface area contributed by atoms with E-state index in [2.05, 4.69) is 12.2 Å². The Morgan fingerprint density at radius 1 is 1.52 bits per heavy atom. The standard InChI is InChI=1S/C16H23NO4/c1-5-20-14-7-12-6-10(2)21-15(12)8-13(14)9-17-11(3)16(18)19-4/h7-8,10-11,17H,5-6,9H2,1-4H3. The molecule has 1 aromatic carbocycles. The Morgan fingerprint density at radius 3 is 2.95 bits per heavy atom. The van der Waals surface area contributed by atoms with Crippen LogP contribution in [-0.2, 0) is 22.5 Å². The zero-order valence-corrected chi connectivity index (χ0v) is 13.1. The van der Waals surface area contributed by atoms with E-state index in [1.54, 1.807) is 6.92 Å². The highest BCUT2D eigenvalue weighted by Gasteiger charge is 2.22. The van der Waals surface area contributed by atoms with Gasteiger partial charge in [0.1, 0.15) is 23.6 Å². The smallest absolute Gasteiger partial charge is 0.322 e. The summed E-state index contributed by atoms with van der Waals surface area (Å²) in [6, 6.07) is 3.68. The number of carbonyl (C=O) groups excluding carboxylic acids is 1. The molecule has 1 aromatic rings. The SMILES string of the molecule is CCOc1cc2c(cc1CNC(C)C(=O)OC)OC(C)C2. The van der Waals surface area contributed by atoms with Crippen molar-refractivity contribution in [3.8, 4) is 11.5 Å². The number of ether oxygens (including phenoxy) is 3. The Kier molecular flexibility index (Phi) is 5.07. The first-order valence-corrected chi connectivity index (χ1v) is 7.31. The minimum atomic E-state index is -0.363. The molecule has 1 heterocycles. The number of esters is 1. The second-order valence-electron chi connectivity index (χ2n) is 5.26. The Hall–Kier alpha value is -1.75. The molecule has 0 fully saturated rings. The summed E-state index contributed by atoms with van der Waals surface area (Å²) in [6.45, 7) is 6.92.